The number of carbonyl (C=O) groups excluding carboxylic acids is 2. The van der Waals surface area contributed by atoms with Gasteiger partial charge in [-0.3, -0.25) is 9.59 Å². The molecule has 0 spiro atoms. The molecule has 0 radical (unpaired) electrons. The highest BCUT2D eigenvalue weighted by molar-refractivity contribution is 8.00. The SMILES string of the molecule is CCc1ccccc1NC(=O)C[C@@H]1SCCNC1=O. The zero-order chi connectivity index (χ0) is 13.7. The van der Waals surface area contributed by atoms with Gasteiger partial charge < -0.3 is 10.6 Å². The monoisotopic (exact) mass is 278 g/mol. The topological polar surface area (TPSA) is 58.2 Å². The molecule has 1 aliphatic heterocycles. The molecule has 0 bridgehead atoms. The van der Waals surface area contributed by atoms with Crippen molar-refractivity contribution in [2.24, 2.45) is 0 Å². The Labute approximate surface area is 117 Å². The molecule has 5 heteroatoms. The Morgan fingerprint density at radius 1 is 1.47 bits per heavy atom. The standard InChI is InChI=1S/C14H18N2O2S/c1-2-10-5-3-4-6-11(10)16-13(17)9-12-14(18)15-7-8-19-12/h3-6,12H,2,7-9H2,1H3,(H,15,18)(H,16,17)/t12-/m0/s1. The average Bonchev–Trinajstić information content (AvgIpc) is 2.42. The Morgan fingerprint density at radius 2 is 2.26 bits per heavy atom. The van der Waals surface area contributed by atoms with Crippen LogP contribution >= 0.6 is 11.8 Å². The number of hydrogen-bond donors (Lipinski definition) is 2. The summed E-state index contributed by atoms with van der Waals surface area (Å²) >= 11 is 1.55. The van der Waals surface area contributed by atoms with E-state index in [0.29, 0.717) is 6.54 Å². The molecule has 1 atom stereocenters. The normalized spacial score (nSPS) is 18.8. The number of amides is 2. The van der Waals surface area contributed by atoms with Crippen LogP contribution in [-0.4, -0.2) is 29.4 Å². The maximum atomic E-state index is 12.0. The fraction of sp³-hybridized carbons (Fsp3) is 0.429. The number of nitrogens with one attached hydrogen (secondary N) is 2. The Hall–Kier alpha value is -1.49. The quantitative estimate of drug-likeness (QED) is 0.883. The number of anilines is 1. The number of hydrogen-bond acceptors (Lipinski definition) is 3. The lowest BCUT2D eigenvalue weighted by atomic mass is 10.1. The van der Waals surface area contributed by atoms with Gasteiger partial charge in [0, 0.05) is 24.4 Å². The van der Waals surface area contributed by atoms with E-state index in [1.54, 1.807) is 11.8 Å². The number of carbonyl (C=O) groups is 2. The largest absolute Gasteiger partial charge is 0.354 e. The van der Waals surface area contributed by atoms with E-state index in [1.807, 2.05) is 24.3 Å². The van der Waals surface area contributed by atoms with Crippen LogP contribution in [0.1, 0.15) is 18.9 Å². The average molecular weight is 278 g/mol. The van der Waals surface area contributed by atoms with Gasteiger partial charge in [-0.2, -0.15) is 0 Å². The smallest absolute Gasteiger partial charge is 0.233 e. The predicted octanol–water partition coefficient (Wildman–Crippen LogP) is 1.81. The number of para-hydroxylation sites is 1. The van der Waals surface area contributed by atoms with Crippen molar-refractivity contribution >= 4 is 29.3 Å². The lowest BCUT2D eigenvalue weighted by Gasteiger charge is -2.21. The van der Waals surface area contributed by atoms with Crippen molar-refractivity contribution in [2.45, 2.75) is 25.0 Å². The number of benzene rings is 1. The Morgan fingerprint density at radius 3 is 3.00 bits per heavy atom. The van der Waals surface area contributed by atoms with Crippen molar-refractivity contribution in [1.29, 1.82) is 0 Å². The first kappa shape index (κ1) is 13.9. The summed E-state index contributed by atoms with van der Waals surface area (Å²) in [5.41, 5.74) is 1.95. The van der Waals surface area contributed by atoms with E-state index < -0.39 is 0 Å². The molecule has 1 saturated heterocycles. The van der Waals surface area contributed by atoms with E-state index >= 15 is 0 Å². The number of rotatable bonds is 4. The highest BCUT2D eigenvalue weighted by atomic mass is 32.2. The van der Waals surface area contributed by atoms with Crippen molar-refractivity contribution in [3.63, 3.8) is 0 Å². The molecule has 1 fully saturated rings. The second-order valence-electron chi connectivity index (χ2n) is 4.41. The molecule has 2 rings (SSSR count). The van der Waals surface area contributed by atoms with Crippen LogP contribution in [0.4, 0.5) is 5.69 Å². The first-order valence-corrected chi connectivity index (χ1v) is 7.52. The molecule has 102 valence electrons. The van der Waals surface area contributed by atoms with Crippen LogP contribution in [0.3, 0.4) is 0 Å². The molecule has 1 aromatic carbocycles. The van der Waals surface area contributed by atoms with Crippen LogP contribution in [0.15, 0.2) is 24.3 Å². The Balaban J connectivity index is 1.95. The molecular formula is C14H18N2O2S. The Kier molecular flexibility index (Phi) is 4.85. The molecular weight excluding hydrogens is 260 g/mol. The van der Waals surface area contributed by atoms with Gasteiger partial charge in [0.05, 0.1) is 5.25 Å². The predicted molar refractivity (Wildman–Crippen MR) is 78.3 cm³/mol. The van der Waals surface area contributed by atoms with E-state index in [9.17, 15) is 9.59 Å². The van der Waals surface area contributed by atoms with Gasteiger partial charge >= 0.3 is 0 Å². The van der Waals surface area contributed by atoms with Crippen molar-refractivity contribution in [2.75, 3.05) is 17.6 Å². The molecule has 0 unspecified atom stereocenters. The van der Waals surface area contributed by atoms with Gasteiger partial charge in [0.25, 0.3) is 0 Å². The maximum absolute atomic E-state index is 12.0. The van der Waals surface area contributed by atoms with E-state index in [2.05, 4.69) is 17.6 Å². The van der Waals surface area contributed by atoms with Crippen LogP contribution in [-0.2, 0) is 16.0 Å². The zero-order valence-electron chi connectivity index (χ0n) is 10.9. The van der Waals surface area contributed by atoms with Gasteiger partial charge in [-0.05, 0) is 18.1 Å². The summed E-state index contributed by atoms with van der Waals surface area (Å²) in [7, 11) is 0. The number of aryl methyl sites for hydroxylation is 1. The van der Waals surface area contributed by atoms with Crippen LogP contribution in [0.25, 0.3) is 0 Å². The van der Waals surface area contributed by atoms with Crippen molar-refractivity contribution < 1.29 is 9.59 Å². The molecule has 0 aromatic heterocycles. The summed E-state index contributed by atoms with van der Waals surface area (Å²) in [4.78, 5) is 23.6. The van der Waals surface area contributed by atoms with Crippen molar-refractivity contribution in [3.8, 4) is 0 Å². The van der Waals surface area contributed by atoms with Gasteiger partial charge in [-0.25, -0.2) is 0 Å². The lowest BCUT2D eigenvalue weighted by Crippen LogP contribution is -2.40. The van der Waals surface area contributed by atoms with Crippen molar-refractivity contribution in [1.82, 2.24) is 5.32 Å². The summed E-state index contributed by atoms with van der Waals surface area (Å²) in [6, 6.07) is 7.75. The molecule has 2 N–H and O–H groups in total. The Bertz CT molecular complexity index is 476. The molecule has 19 heavy (non-hydrogen) atoms. The summed E-state index contributed by atoms with van der Waals surface area (Å²) in [6.07, 6.45) is 1.10. The van der Waals surface area contributed by atoms with Gasteiger partial charge in [0.2, 0.25) is 11.8 Å². The van der Waals surface area contributed by atoms with Gasteiger partial charge in [0.1, 0.15) is 0 Å². The molecule has 0 saturated carbocycles. The lowest BCUT2D eigenvalue weighted by molar-refractivity contribution is -0.123. The third-order valence-corrected chi connectivity index (χ3v) is 4.28. The highest BCUT2D eigenvalue weighted by Gasteiger charge is 2.25. The van der Waals surface area contributed by atoms with Crippen LogP contribution < -0.4 is 10.6 Å². The summed E-state index contributed by atoms with van der Waals surface area (Å²) in [6.45, 7) is 2.75. The maximum Gasteiger partial charge on any atom is 0.233 e. The second kappa shape index (κ2) is 6.61. The second-order valence-corrected chi connectivity index (χ2v) is 5.72. The third-order valence-electron chi connectivity index (χ3n) is 3.06. The van der Waals surface area contributed by atoms with E-state index in [0.717, 1.165) is 23.4 Å². The molecule has 1 heterocycles. The van der Waals surface area contributed by atoms with Crippen LogP contribution in [0.5, 0.6) is 0 Å². The summed E-state index contributed by atoms with van der Waals surface area (Å²) in [5, 5.41) is 5.42. The molecule has 4 nitrogen and oxygen atoms in total. The molecule has 1 aromatic rings. The van der Waals surface area contributed by atoms with Crippen LogP contribution in [0.2, 0.25) is 0 Å². The number of thioether (sulfide) groups is 1. The van der Waals surface area contributed by atoms with Crippen molar-refractivity contribution in [3.05, 3.63) is 29.8 Å². The van der Waals surface area contributed by atoms with E-state index in [4.69, 9.17) is 0 Å². The fourth-order valence-corrected chi connectivity index (χ4v) is 3.05. The minimum Gasteiger partial charge on any atom is -0.354 e. The van der Waals surface area contributed by atoms with E-state index in [-0.39, 0.29) is 23.5 Å². The van der Waals surface area contributed by atoms with Gasteiger partial charge in [0.15, 0.2) is 0 Å². The minimum atomic E-state index is -0.262. The highest BCUT2D eigenvalue weighted by Crippen LogP contribution is 2.20. The first-order valence-electron chi connectivity index (χ1n) is 6.47. The fourth-order valence-electron chi connectivity index (χ4n) is 2.04. The zero-order valence-corrected chi connectivity index (χ0v) is 11.8. The molecule has 0 aliphatic carbocycles. The van der Waals surface area contributed by atoms with Gasteiger partial charge in [-0.15, -0.1) is 11.8 Å². The van der Waals surface area contributed by atoms with Crippen LogP contribution in [0, 0.1) is 0 Å². The minimum absolute atomic E-state index is 0.0322. The summed E-state index contributed by atoms with van der Waals surface area (Å²) < 4.78 is 0. The first-order chi connectivity index (χ1) is 9.20. The van der Waals surface area contributed by atoms with Gasteiger partial charge in [-0.1, -0.05) is 25.1 Å². The molecule has 2 amide bonds. The molecule has 1 aliphatic rings. The third kappa shape index (κ3) is 3.73. The summed E-state index contributed by atoms with van der Waals surface area (Å²) in [5.74, 6) is 0.737. The van der Waals surface area contributed by atoms with E-state index in [1.165, 1.54) is 0 Å².